The molecule has 0 saturated carbocycles. The smallest absolute Gasteiger partial charge is 0.228 e. The number of amides is 2. The van der Waals surface area contributed by atoms with Gasteiger partial charge in [-0.3, -0.25) is 9.59 Å². The first kappa shape index (κ1) is 17.0. The molecule has 2 aliphatic heterocycles. The summed E-state index contributed by atoms with van der Waals surface area (Å²) in [6, 6.07) is 6.09. The summed E-state index contributed by atoms with van der Waals surface area (Å²) in [5, 5.41) is 9.29. The molecule has 2 amide bonds. The molecule has 1 atom stereocenters. The molecule has 1 fully saturated rings. The Kier molecular flexibility index (Phi) is 5.86. The molecule has 1 aromatic rings. The first-order valence-corrected chi connectivity index (χ1v) is 9.10. The quantitative estimate of drug-likeness (QED) is 0.717. The fraction of sp³-hybridized carbons (Fsp3) is 0.579. The summed E-state index contributed by atoms with van der Waals surface area (Å²) in [5.41, 5.74) is 3.20. The Morgan fingerprint density at radius 3 is 3.08 bits per heavy atom. The second-order valence-corrected chi connectivity index (χ2v) is 6.92. The van der Waals surface area contributed by atoms with Gasteiger partial charge in [0, 0.05) is 18.7 Å². The zero-order valence-electron chi connectivity index (χ0n) is 14.2. The molecule has 1 aromatic carbocycles. The van der Waals surface area contributed by atoms with E-state index in [0.29, 0.717) is 18.8 Å². The van der Waals surface area contributed by atoms with Crippen LogP contribution in [0.5, 0.6) is 0 Å². The first-order chi connectivity index (χ1) is 11.7. The number of carbonyl (C=O) groups excluding carboxylic acids is 2. The van der Waals surface area contributed by atoms with Crippen molar-refractivity contribution < 1.29 is 9.59 Å². The van der Waals surface area contributed by atoms with Gasteiger partial charge in [0.2, 0.25) is 11.8 Å². The highest BCUT2D eigenvalue weighted by Crippen LogP contribution is 2.24. The summed E-state index contributed by atoms with van der Waals surface area (Å²) in [6.45, 7) is 3.01. The molecular formula is C19H27N3O2. The average Bonchev–Trinajstić information content (AvgIpc) is 2.95. The second-order valence-electron chi connectivity index (χ2n) is 6.92. The Balaban J connectivity index is 1.32. The molecule has 3 rings (SSSR count). The minimum atomic E-state index is 0.0645. The predicted molar refractivity (Wildman–Crippen MR) is 94.9 cm³/mol. The van der Waals surface area contributed by atoms with Crippen LogP contribution in [0.4, 0.5) is 5.69 Å². The largest absolute Gasteiger partial charge is 0.356 e. The van der Waals surface area contributed by atoms with Crippen LogP contribution in [-0.4, -0.2) is 31.4 Å². The average molecular weight is 329 g/mol. The first-order valence-electron chi connectivity index (χ1n) is 9.10. The van der Waals surface area contributed by atoms with Crippen LogP contribution in [0, 0.1) is 5.92 Å². The van der Waals surface area contributed by atoms with Crippen molar-refractivity contribution in [1.29, 1.82) is 0 Å². The lowest BCUT2D eigenvalue weighted by Gasteiger charge is -2.22. The Labute approximate surface area is 143 Å². The molecule has 130 valence electrons. The minimum absolute atomic E-state index is 0.0645. The minimum Gasteiger partial charge on any atom is -0.356 e. The monoisotopic (exact) mass is 329 g/mol. The molecule has 0 bridgehead atoms. The fourth-order valence-electron chi connectivity index (χ4n) is 3.57. The van der Waals surface area contributed by atoms with E-state index in [1.54, 1.807) is 0 Å². The molecule has 0 aliphatic carbocycles. The summed E-state index contributed by atoms with van der Waals surface area (Å²) in [4.78, 5) is 23.3. The number of hydrogen-bond donors (Lipinski definition) is 3. The molecule has 0 radical (unpaired) electrons. The number of hydrogen-bond acceptors (Lipinski definition) is 3. The van der Waals surface area contributed by atoms with E-state index in [4.69, 9.17) is 0 Å². The maximum absolute atomic E-state index is 11.9. The van der Waals surface area contributed by atoms with Crippen molar-refractivity contribution in [2.24, 2.45) is 5.92 Å². The molecule has 1 unspecified atom stereocenters. The molecule has 0 spiro atoms. The van der Waals surface area contributed by atoms with E-state index in [2.05, 4.69) is 22.0 Å². The van der Waals surface area contributed by atoms with Gasteiger partial charge < -0.3 is 16.0 Å². The molecule has 5 heteroatoms. The van der Waals surface area contributed by atoms with Gasteiger partial charge in [-0.05, 0) is 68.3 Å². The third-order valence-electron chi connectivity index (χ3n) is 4.94. The van der Waals surface area contributed by atoms with Gasteiger partial charge in [-0.2, -0.15) is 0 Å². The number of benzene rings is 1. The van der Waals surface area contributed by atoms with Gasteiger partial charge in [-0.15, -0.1) is 0 Å². The van der Waals surface area contributed by atoms with E-state index >= 15 is 0 Å². The molecule has 0 aromatic heterocycles. The molecule has 3 N–H and O–H groups in total. The van der Waals surface area contributed by atoms with Crippen molar-refractivity contribution in [3.8, 4) is 0 Å². The van der Waals surface area contributed by atoms with Crippen LogP contribution in [0.2, 0.25) is 0 Å². The van der Waals surface area contributed by atoms with Gasteiger partial charge in [-0.25, -0.2) is 0 Å². The predicted octanol–water partition coefficient (Wildman–Crippen LogP) is 2.01. The van der Waals surface area contributed by atoms with Crippen LogP contribution in [0.1, 0.15) is 43.2 Å². The van der Waals surface area contributed by atoms with Crippen LogP contribution < -0.4 is 16.0 Å². The lowest BCUT2D eigenvalue weighted by atomic mass is 9.96. The summed E-state index contributed by atoms with van der Waals surface area (Å²) in [5.74, 6) is 0.924. The number of rotatable bonds is 7. The maximum atomic E-state index is 11.9. The summed E-state index contributed by atoms with van der Waals surface area (Å²) < 4.78 is 0. The topological polar surface area (TPSA) is 70.2 Å². The van der Waals surface area contributed by atoms with E-state index in [0.717, 1.165) is 50.1 Å². The Morgan fingerprint density at radius 2 is 2.25 bits per heavy atom. The van der Waals surface area contributed by atoms with Gasteiger partial charge in [0.05, 0.1) is 6.42 Å². The van der Waals surface area contributed by atoms with E-state index < -0.39 is 0 Å². The summed E-state index contributed by atoms with van der Waals surface area (Å²) >= 11 is 0. The van der Waals surface area contributed by atoms with Gasteiger partial charge in [-0.1, -0.05) is 12.1 Å². The van der Waals surface area contributed by atoms with Crippen molar-refractivity contribution in [1.82, 2.24) is 10.6 Å². The summed E-state index contributed by atoms with van der Waals surface area (Å²) in [6.07, 6.45) is 6.36. The lowest BCUT2D eigenvalue weighted by Crippen LogP contribution is -2.33. The molecule has 1 saturated heterocycles. The van der Waals surface area contributed by atoms with E-state index in [1.807, 2.05) is 12.1 Å². The van der Waals surface area contributed by atoms with E-state index in [-0.39, 0.29) is 11.8 Å². The Hall–Kier alpha value is -1.88. The van der Waals surface area contributed by atoms with Crippen molar-refractivity contribution in [2.75, 3.05) is 25.0 Å². The van der Waals surface area contributed by atoms with Crippen LogP contribution in [0.15, 0.2) is 18.2 Å². The standard InChI is InChI=1S/C19H27N3O2/c23-18(21-10-8-15-4-2-9-20-13-15)5-1-3-14-6-7-17-16(11-14)12-19(24)22-17/h6-7,11,15,20H,1-5,8-10,12-13H2,(H,21,23)(H,22,24). The van der Waals surface area contributed by atoms with Crippen LogP contribution in [-0.2, 0) is 22.4 Å². The third-order valence-corrected chi connectivity index (χ3v) is 4.94. The summed E-state index contributed by atoms with van der Waals surface area (Å²) in [7, 11) is 0. The highest BCUT2D eigenvalue weighted by Gasteiger charge is 2.17. The van der Waals surface area contributed by atoms with Crippen molar-refractivity contribution in [3.05, 3.63) is 29.3 Å². The van der Waals surface area contributed by atoms with Gasteiger partial charge >= 0.3 is 0 Å². The van der Waals surface area contributed by atoms with E-state index in [9.17, 15) is 9.59 Å². The van der Waals surface area contributed by atoms with Crippen LogP contribution in [0.3, 0.4) is 0 Å². The number of anilines is 1. The molecule has 2 heterocycles. The number of nitrogens with one attached hydrogen (secondary N) is 3. The van der Waals surface area contributed by atoms with Crippen molar-refractivity contribution in [3.63, 3.8) is 0 Å². The van der Waals surface area contributed by atoms with E-state index in [1.165, 1.54) is 18.4 Å². The van der Waals surface area contributed by atoms with Crippen LogP contribution in [0.25, 0.3) is 0 Å². The van der Waals surface area contributed by atoms with Crippen molar-refractivity contribution >= 4 is 17.5 Å². The molecular weight excluding hydrogens is 302 g/mol. The number of aryl methyl sites for hydroxylation is 1. The fourth-order valence-corrected chi connectivity index (χ4v) is 3.57. The molecule has 5 nitrogen and oxygen atoms in total. The zero-order valence-corrected chi connectivity index (χ0v) is 14.2. The highest BCUT2D eigenvalue weighted by molar-refractivity contribution is 5.99. The van der Waals surface area contributed by atoms with Gasteiger partial charge in [0.25, 0.3) is 0 Å². The lowest BCUT2D eigenvalue weighted by molar-refractivity contribution is -0.121. The van der Waals surface area contributed by atoms with Gasteiger partial charge in [0.1, 0.15) is 0 Å². The zero-order chi connectivity index (χ0) is 16.8. The molecule has 24 heavy (non-hydrogen) atoms. The number of piperidine rings is 1. The molecule has 2 aliphatic rings. The van der Waals surface area contributed by atoms with Crippen molar-refractivity contribution in [2.45, 2.75) is 44.9 Å². The highest BCUT2D eigenvalue weighted by atomic mass is 16.2. The Morgan fingerprint density at radius 1 is 1.33 bits per heavy atom. The normalized spacial score (nSPS) is 19.7. The number of carbonyl (C=O) groups is 2. The maximum Gasteiger partial charge on any atom is 0.228 e. The third kappa shape index (κ3) is 4.81. The SMILES string of the molecule is O=C(CCCc1ccc2c(c1)CC(=O)N2)NCCC1CCCNC1. The Bertz CT molecular complexity index is 594. The second kappa shape index (κ2) is 8.29. The van der Waals surface area contributed by atoms with Gasteiger partial charge in [0.15, 0.2) is 0 Å². The van der Waals surface area contributed by atoms with Crippen LogP contribution >= 0.6 is 0 Å². The number of fused-ring (bicyclic) bond motifs is 1.